The van der Waals surface area contributed by atoms with Crippen molar-refractivity contribution in [3.63, 3.8) is 0 Å². The minimum absolute atomic E-state index is 0.0573. The zero-order valence-electron chi connectivity index (χ0n) is 20.7. The molecule has 1 aliphatic carbocycles. The Hall–Kier alpha value is -4.44. The van der Waals surface area contributed by atoms with Crippen molar-refractivity contribution in [3.8, 4) is 23.3 Å². The molecule has 2 aliphatic rings. The van der Waals surface area contributed by atoms with Gasteiger partial charge in [-0.2, -0.15) is 15.5 Å². The summed E-state index contributed by atoms with van der Waals surface area (Å²) in [5.41, 5.74) is 2.01. The summed E-state index contributed by atoms with van der Waals surface area (Å²) in [6.07, 6.45) is 8.73. The van der Waals surface area contributed by atoms with Gasteiger partial charge in [-0.15, -0.1) is 10.2 Å². The maximum absolute atomic E-state index is 8.90. The van der Waals surface area contributed by atoms with E-state index in [0.717, 1.165) is 67.6 Å². The number of aromatic amines is 1. The van der Waals surface area contributed by atoms with Crippen LogP contribution in [0.2, 0.25) is 0 Å². The van der Waals surface area contributed by atoms with Gasteiger partial charge in [-0.25, -0.2) is 9.97 Å². The molecular weight excluding hydrogens is 486 g/mol. The Labute approximate surface area is 218 Å². The lowest BCUT2D eigenvalue weighted by molar-refractivity contribution is 0.121. The topological polar surface area (TPSA) is 164 Å². The number of fused-ring (bicyclic) bond motifs is 1. The van der Waals surface area contributed by atoms with Gasteiger partial charge in [0.2, 0.25) is 17.7 Å². The number of nitrogens with zero attached hydrogens (tertiary/aromatic N) is 9. The highest BCUT2D eigenvalue weighted by Crippen LogP contribution is 2.33. The number of nitriles is 1. The van der Waals surface area contributed by atoms with E-state index in [9.17, 15) is 0 Å². The molecule has 4 aromatic heterocycles. The first-order valence-electron chi connectivity index (χ1n) is 12.7. The van der Waals surface area contributed by atoms with Crippen molar-refractivity contribution in [1.82, 2.24) is 40.6 Å². The van der Waals surface area contributed by atoms with Crippen molar-refractivity contribution in [1.29, 1.82) is 5.26 Å². The Bertz CT molecular complexity index is 1410. The van der Waals surface area contributed by atoms with Gasteiger partial charge in [0.15, 0.2) is 0 Å². The number of morpholine rings is 1. The van der Waals surface area contributed by atoms with Crippen molar-refractivity contribution < 1.29 is 9.47 Å². The second-order valence-electron chi connectivity index (χ2n) is 9.46. The lowest BCUT2D eigenvalue weighted by Gasteiger charge is -2.30. The number of hydrogen-bond acceptors (Lipinski definition) is 12. The molecule has 4 aromatic rings. The number of H-pyrrole nitrogens is 1. The number of aromatic nitrogens is 8. The molecule has 0 bridgehead atoms. The molecule has 13 nitrogen and oxygen atoms in total. The standard InChI is InChI=1S/C25H27N11O2/c26-11-17-13-29-25(30-14-17)28-12-16-1-3-19(4-2-16)38-24-20-9-18(23-32-34-35-33-23)15-27-21(20)10-22(31-24)36-5-7-37-8-6-36/h9-10,13-16,19H,1-8,12H2,(H,28,29,30)(H,32,33,34,35). The van der Waals surface area contributed by atoms with Crippen LogP contribution in [0.5, 0.6) is 5.88 Å². The third-order valence-electron chi connectivity index (χ3n) is 6.97. The molecule has 6 rings (SSSR count). The van der Waals surface area contributed by atoms with Gasteiger partial charge in [0.05, 0.1) is 42.1 Å². The molecule has 0 radical (unpaired) electrons. The normalized spacial score (nSPS) is 19.7. The van der Waals surface area contributed by atoms with Gasteiger partial charge < -0.3 is 19.7 Å². The summed E-state index contributed by atoms with van der Waals surface area (Å²) in [5, 5.41) is 27.3. The van der Waals surface area contributed by atoms with Crippen LogP contribution in [0.3, 0.4) is 0 Å². The molecule has 1 saturated heterocycles. The molecule has 2 N–H and O–H groups in total. The molecule has 5 heterocycles. The highest BCUT2D eigenvalue weighted by atomic mass is 16.5. The molecular formula is C25H27N11O2. The Kier molecular flexibility index (Phi) is 6.86. The third-order valence-corrected chi connectivity index (χ3v) is 6.97. The third kappa shape index (κ3) is 5.30. The number of rotatable bonds is 7. The number of pyridine rings is 2. The van der Waals surface area contributed by atoms with E-state index in [-0.39, 0.29) is 6.10 Å². The van der Waals surface area contributed by atoms with Crippen LogP contribution in [-0.2, 0) is 4.74 Å². The van der Waals surface area contributed by atoms with Gasteiger partial charge >= 0.3 is 0 Å². The maximum atomic E-state index is 8.90. The van der Waals surface area contributed by atoms with Crippen molar-refractivity contribution in [3.05, 3.63) is 36.3 Å². The van der Waals surface area contributed by atoms with Crippen LogP contribution >= 0.6 is 0 Å². The lowest BCUT2D eigenvalue weighted by atomic mass is 9.87. The average molecular weight is 514 g/mol. The van der Waals surface area contributed by atoms with E-state index in [1.807, 2.05) is 18.2 Å². The van der Waals surface area contributed by atoms with E-state index >= 15 is 0 Å². The summed E-state index contributed by atoms with van der Waals surface area (Å²) in [7, 11) is 0. The zero-order chi connectivity index (χ0) is 25.7. The first-order valence-corrected chi connectivity index (χ1v) is 12.7. The van der Waals surface area contributed by atoms with Crippen LogP contribution in [0, 0.1) is 17.2 Å². The highest BCUT2D eigenvalue weighted by molar-refractivity contribution is 5.88. The average Bonchev–Trinajstić information content (AvgIpc) is 3.53. The van der Waals surface area contributed by atoms with E-state index in [4.69, 9.17) is 19.7 Å². The van der Waals surface area contributed by atoms with Crippen molar-refractivity contribution in [2.24, 2.45) is 5.92 Å². The van der Waals surface area contributed by atoms with E-state index in [1.165, 1.54) is 12.4 Å². The quantitative estimate of drug-likeness (QED) is 0.371. The summed E-state index contributed by atoms with van der Waals surface area (Å²) in [4.78, 5) is 20.2. The molecule has 2 fully saturated rings. The number of anilines is 2. The molecule has 1 saturated carbocycles. The van der Waals surface area contributed by atoms with Crippen LogP contribution in [0.15, 0.2) is 30.7 Å². The lowest BCUT2D eigenvalue weighted by Crippen LogP contribution is -2.36. The highest BCUT2D eigenvalue weighted by Gasteiger charge is 2.25. The predicted molar refractivity (Wildman–Crippen MR) is 137 cm³/mol. The minimum atomic E-state index is 0.0573. The molecule has 0 amide bonds. The first-order chi connectivity index (χ1) is 18.7. The molecule has 0 unspecified atom stereocenters. The van der Waals surface area contributed by atoms with Crippen molar-refractivity contribution >= 4 is 22.7 Å². The number of hydrogen-bond donors (Lipinski definition) is 2. The first kappa shape index (κ1) is 23.9. The Morgan fingerprint density at radius 3 is 2.63 bits per heavy atom. The van der Waals surface area contributed by atoms with Crippen LogP contribution in [0.1, 0.15) is 31.2 Å². The molecule has 1 aliphatic heterocycles. The Morgan fingerprint density at radius 1 is 1.08 bits per heavy atom. The number of tetrazole rings is 1. The second kappa shape index (κ2) is 10.9. The summed E-state index contributed by atoms with van der Waals surface area (Å²) < 4.78 is 12.1. The van der Waals surface area contributed by atoms with Crippen molar-refractivity contribution in [2.75, 3.05) is 43.1 Å². The molecule has 0 spiro atoms. The monoisotopic (exact) mass is 513 g/mol. The molecule has 38 heavy (non-hydrogen) atoms. The van der Waals surface area contributed by atoms with Crippen LogP contribution < -0.4 is 15.0 Å². The van der Waals surface area contributed by atoms with Gasteiger partial charge in [-0.1, -0.05) is 0 Å². The fourth-order valence-electron chi connectivity index (χ4n) is 4.86. The SMILES string of the molecule is N#Cc1cnc(NCC2CCC(Oc3nc(N4CCOCC4)cc4ncc(-c5nn[nH]n5)cc34)CC2)nc1. The predicted octanol–water partition coefficient (Wildman–Crippen LogP) is 2.36. The van der Waals surface area contributed by atoms with E-state index in [0.29, 0.717) is 42.3 Å². The van der Waals surface area contributed by atoms with Gasteiger partial charge in [0.25, 0.3) is 0 Å². The van der Waals surface area contributed by atoms with Crippen LogP contribution in [0.4, 0.5) is 11.8 Å². The summed E-state index contributed by atoms with van der Waals surface area (Å²) in [6, 6.07) is 6.00. The van der Waals surface area contributed by atoms with Gasteiger partial charge in [-0.05, 0) is 42.9 Å². The fraction of sp³-hybridized carbons (Fsp3) is 0.440. The van der Waals surface area contributed by atoms with E-state index in [2.05, 4.69) is 45.8 Å². The number of nitrogens with one attached hydrogen (secondary N) is 2. The molecule has 13 heteroatoms. The Morgan fingerprint density at radius 2 is 1.89 bits per heavy atom. The maximum Gasteiger partial charge on any atom is 0.225 e. The van der Waals surface area contributed by atoms with E-state index in [1.54, 1.807) is 6.20 Å². The summed E-state index contributed by atoms with van der Waals surface area (Å²) >= 11 is 0. The van der Waals surface area contributed by atoms with Crippen LogP contribution in [-0.4, -0.2) is 79.5 Å². The molecule has 0 atom stereocenters. The van der Waals surface area contributed by atoms with E-state index < -0.39 is 0 Å². The van der Waals surface area contributed by atoms with Gasteiger partial charge in [-0.3, -0.25) is 4.98 Å². The summed E-state index contributed by atoms with van der Waals surface area (Å²) in [5.74, 6) is 2.93. The van der Waals surface area contributed by atoms with Gasteiger partial charge in [0.1, 0.15) is 18.0 Å². The van der Waals surface area contributed by atoms with Crippen LogP contribution in [0.25, 0.3) is 22.3 Å². The number of ether oxygens (including phenoxy) is 2. The zero-order valence-corrected chi connectivity index (χ0v) is 20.7. The molecule has 0 aromatic carbocycles. The van der Waals surface area contributed by atoms with Gasteiger partial charge in [0, 0.05) is 37.5 Å². The Balaban J connectivity index is 1.17. The molecule has 194 valence electrons. The summed E-state index contributed by atoms with van der Waals surface area (Å²) in [6.45, 7) is 3.68. The van der Waals surface area contributed by atoms with Crippen molar-refractivity contribution in [2.45, 2.75) is 31.8 Å². The smallest absolute Gasteiger partial charge is 0.225 e. The minimum Gasteiger partial charge on any atom is -0.474 e. The largest absolute Gasteiger partial charge is 0.474 e. The fourth-order valence-corrected chi connectivity index (χ4v) is 4.86. The second-order valence-corrected chi connectivity index (χ2v) is 9.46.